The summed E-state index contributed by atoms with van der Waals surface area (Å²) >= 11 is 1.37. The molecule has 240 valence electrons. The summed E-state index contributed by atoms with van der Waals surface area (Å²) in [6.45, 7) is 9.67. The molecule has 47 heavy (non-hydrogen) atoms. The molecular weight excluding hydrogens is 609 g/mol. The van der Waals surface area contributed by atoms with E-state index in [2.05, 4.69) is 78.6 Å². The number of aryl methyl sites for hydroxylation is 1. The van der Waals surface area contributed by atoms with Crippen molar-refractivity contribution in [2.45, 2.75) is 58.5 Å². The molecule has 0 aliphatic heterocycles. The van der Waals surface area contributed by atoms with Crippen molar-refractivity contribution in [3.63, 3.8) is 0 Å². The van der Waals surface area contributed by atoms with E-state index >= 15 is 0 Å². The summed E-state index contributed by atoms with van der Waals surface area (Å²) in [6, 6.07) is 25.6. The van der Waals surface area contributed by atoms with Crippen LogP contribution >= 0.6 is 11.3 Å². The molecule has 2 heterocycles. The van der Waals surface area contributed by atoms with Gasteiger partial charge in [-0.25, -0.2) is 9.97 Å². The smallest absolute Gasteiger partial charge is 0.325 e. The number of carboxylic acid groups (broad SMARTS) is 1. The molecule has 0 fully saturated rings. The Balaban J connectivity index is 1.30. The molecule has 2 aromatic heterocycles. The first-order valence-corrected chi connectivity index (χ1v) is 16.2. The molecule has 0 saturated heterocycles. The van der Waals surface area contributed by atoms with Crippen LogP contribution in [-0.4, -0.2) is 44.9 Å². The molecule has 0 saturated carbocycles. The van der Waals surface area contributed by atoms with E-state index in [1.54, 1.807) is 6.07 Å². The first-order valence-electron chi connectivity index (χ1n) is 15.4. The van der Waals surface area contributed by atoms with Crippen LogP contribution in [0, 0.1) is 6.92 Å². The Bertz CT molecular complexity index is 1880. The summed E-state index contributed by atoms with van der Waals surface area (Å²) in [5.41, 5.74) is 6.90. The van der Waals surface area contributed by atoms with Crippen molar-refractivity contribution in [2.75, 3.05) is 0 Å². The van der Waals surface area contributed by atoms with E-state index in [0.717, 1.165) is 38.3 Å². The van der Waals surface area contributed by atoms with Crippen LogP contribution in [0.15, 0.2) is 97.3 Å². The van der Waals surface area contributed by atoms with Gasteiger partial charge >= 0.3 is 5.97 Å². The number of carboxylic acids is 1. The topological polar surface area (TPSA) is 121 Å². The van der Waals surface area contributed by atoms with Gasteiger partial charge in [0.25, 0.3) is 5.91 Å². The SMILES string of the molecule is Cc1cc(-c2ccccc2)ccc1-c1cnc(-c2ccc(C[C@H](NC(=O)c3ccc(C(C)(C)C)s3)C(=O)N[C@H](C)C(=O)O)cc2)nc1. The predicted molar refractivity (Wildman–Crippen MR) is 186 cm³/mol. The number of carbonyl (C=O) groups is 3. The molecule has 0 unspecified atom stereocenters. The Labute approximate surface area is 278 Å². The summed E-state index contributed by atoms with van der Waals surface area (Å²) in [5, 5.41) is 14.6. The maximum atomic E-state index is 13.2. The fraction of sp³-hybridized carbons (Fsp3) is 0.237. The van der Waals surface area contributed by atoms with Gasteiger partial charge in [-0.05, 0) is 59.2 Å². The molecule has 9 heteroatoms. The van der Waals surface area contributed by atoms with Crippen molar-refractivity contribution < 1.29 is 19.5 Å². The summed E-state index contributed by atoms with van der Waals surface area (Å²) in [6.07, 6.45) is 3.80. The second-order valence-electron chi connectivity index (χ2n) is 12.6. The normalized spacial score (nSPS) is 12.6. The van der Waals surface area contributed by atoms with E-state index in [1.807, 2.05) is 60.9 Å². The second kappa shape index (κ2) is 14.1. The van der Waals surface area contributed by atoms with Crippen LogP contribution in [0.1, 0.15) is 53.4 Å². The fourth-order valence-corrected chi connectivity index (χ4v) is 6.08. The number of benzene rings is 3. The molecule has 0 radical (unpaired) electrons. The number of nitrogens with one attached hydrogen (secondary N) is 2. The standard InChI is InChI=1S/C38H38N4O4S/c1-23-19-28(26-9-7-6-8-10-26)15-16-30(23)29-21-39-34(40-22-29)27-13-11-25(12-14-27)20-31(35(43)41-24(2)37(45)46)42-36(44)32-17-18-33(47-32)38(3,4)5/h6-19,21-22,24,31H,20H2,1-5H3,(H,41,43)(H,42,44)(H,45,46)/t24-,31+/m1/s1. The zero-order valence-electron chi connectivity index (χ0n) is 27.1. The Hall–Kier alpha value is -5.15. The van der Waals surface area contributed by atoms with Crippen LogP contribution in [0.2, 0.25) is 0 Å². The Morgan fingerprint density at radius 2 is 1.47 bits per heavy atom. The number of aromatic nitrogens is 2. The van der Waals surface area contributed by atoms with Gasteiger partial charge in [0.2, 0.25) is 5.91 Å². The summed E-state index contributed by atoms with van der Waals surface area (Å²) in [5.74, 6) is -1.56. The Kier molecular flexibility index (Phi) is 9.96. The van der Waals surface area contributed by atoms with E-state index in [-0.39, 0.29) is 17.7 Å². The molecule has 5 rings (SSSR count). The van der Waals surface area contributed by atoms with Gasteiger partial charge in [-0.3, -0.25) is 14.4 Å². The largest absolute Gasteiger partial charge is 0.480 e. The minimum atomic E-state index is -1.16. The molecule has 2 atom stereocenters. The van der Waals surface area contributed by atoms with Crippen molar-refractivity contribution >= 4 is 29.1 Å². The number of hydrogen-bond acceptors (Lipinski definition) is 6. The average Bonchev–Trinajstić information content (AvgIpc) is 3.57. The minimum Gasteiger partial charge on any atom is -0.480 e. The van der Waals surface area contributed by atoms with E-state index in [0.29, 0.717) is 10.7 Å². The van der Waals surface area contributed by atoms with E-state index in [1.165, 1.54) is 23.8 Å². The number of rotatable bonds is 10. The van der Waals surface area contributed by atoms with Crippen molar-refractivity contribution in [2.24, 2.45) is 0 Å². The van der Waals surface area contributed by atoms with Crippen molar-refractivity contribution in [3.05, 3.63) is 118 Å². The van der Waals surface area contributed by atoms with Gasteiger partial charge in [0.15, 0.2) is 5.82 Å². The lowest BCUT2D eigenvalue weighted by molar-refractivity contribution is -0.141. The van der Waals surface area contributed by atoms with Crippen LogP contribution in [0.5, 0.6) is 0 Å². The van der Waals surface area contributed by atoms with E-state index < -0.39 is 24.0 Å². The third-order valence-corrected chi connectivity index (χ3v) is 9.38. The molecule has 5 aromatic rings. The number of carbonyl (C=O) groups excluding carboxylic acids is 2. The minimum absolute atomic E-state index is 0.115. The van der Waals surface area contributed by atoms with E-state index in [4.69, 9.17) is 0 Å². The molecule has 0 aliphatic carbocycles. The van der Waals surface area contributed by atoms with Crippen LogP contribution < -0.4 is 10.6 Å². The van der Waals surface area contributed by atoms with Crippen molar-refractivity contribution in [1.82, 2.24) is 20.6 Å². The van der Waals surface area contributed by atoms with Crippen LogP contribution in [0.4, 0.5) is 0 Å². The van der Waals surface area contributed by atoms with E-state index in [9.17, 15) is 19.5 Å². The lowest BCUT2D eigenvalue weighted by atomic mass is 9.95. The highest BCUT2D eigenvalue weighted by Gasteiger charge is 2.26. The van der Waals surface area contributed by atoms with Gasteiger partial charge in [0.1, 0.15) is 12.1 Å². The van der Waals surface area contributed by atoms with Gasteiger partial charge in [0.05, 0.1) is 4.88 Å². The zero-order valence-corrected chi connectivity index (χ0v) is 27.9. The van der Waals surface area contributed by atoms with Gasteiger partial charge in [-0.1, -0.05) is 93.6 Å². The summed E-state index contributed by atoms with van der Waals surface area (Å²) < 4.78 is 0. The molecular formula is C38H38N4O4S. The highest BCUT2D eigenvalue weighted by Crippen LogP contribution is 2.30. The average molecular weight is 647 g/mol. The fourth-order valence-electron chi connectivity index (χ4n) is 5.12. The number of aliphatic carboxylic acids is 1. The number of thiophene rings is 1. The number of nitrogens with zero attached hydrogens (tertiary/aromatic N) is 2. The van der Waals surface area contributed by atoms with Crippen molar-refractivity contribution in [3.8, 4) is 33.6 Å². The van der Waals surface area contributed by atoms with Gasteiger partial charge in [-0.2, -0.15) is 0 Å². The molecule has 0 bridgehead atoms. The number of hydrogen-bond donors (Lipinski definition) is 3. The molecule has 3 N–H and O–H groups in total. The van der Waals surface area contributed by atoms with Gasteiger partial charge in [0, 0.05) is 34.8 Å². The zero-order chi connectivity index (χ0) is 33.7. The van der Waals surface area contributed by atoms with Gasteiger partial charge < -0.3 is 15.7 Å². The maximum absolute atomic E-state index is 13.2. The van der Waals surface area contributed by atoms with Crippen LogP contribution in [0.25, 0.3) is 33.6 Å². The van der Waals surface area contributed by atoms with Crippen LogP contribution in [0.3, 0.4) is 0 Å². The third kappa shape index (κ3) is 8.17. The molecule has 8 nitrogen and oxygen atoms in total. The number of amides is 2. The highest BCUT2D eigenvalue weighted by molar-refractivity contribution is 7.14. The second-order valence-corrected chi connectivity index (χ2v) is 13.7. The molecule has 2 amide bonds. The summed E-state index contributed by atoms with van der Waals surface area (Å²) in [4.78, 5) is 48.5. The lowest BCUT2D eigenvalue weighted by Gasteiger charge is -2.20. The van der Waals surface area contributed by atoms with Crippen molar-refractivity contribution in [1.29, 1.82) is 0 Å². The first-order chi connectivity index (χ1) is 22.4. The van der Waals surface area contributed by atoms with Crippen LogP contribution in [-0.2, 0) is 21.4 Å². The third-order valence-electron chi connectivity index (χ3n) is 7.87. The summed E-state index contributed by atoms with van der Waals surface area (Å²) in [7, 11) is 0. The molecule has 0 aliphatic rings. The highest BCUT2D eigenvalue weighted by atomic mass is 32.1. The molecule has 3 aromatic carbocycles. The quantitative estimate of drug-likeness (QED) is 0.149. The van der Waals surface area contributed by atoms with Gasteiger partial charge in [-0.15, -0.1) is 11.3 Å². The predicted octanol–water partition coefficient (Wildman–Crippen LogP) is 7.08. The lowest BCUT2D eigenvalue weighted by Crippen LogP contribution is -2.51. The first kappa shape index (κ1) is 33.2. The maximum Gasteiger partial charge on any atom is 0.325 e. The Morgan fingerprint density at radius 1 is 0.809 bits per heavy atom. The Morgan fingerprint density at radius 3 is 2.06 bits per heavy atom. The molecule has 0 spiro atoms. The monoisotopic (exact) mass is 646 g/mol.